The molecule has 0 aliphatic carbocycles. The molecule has 2 heterocycles. The summed E-state index contributed by atoms with van der Waals surface area (Å²) < 4.78 is 25.9. The Morgan fingerprint density at radius 3 is 2.68 bits per heavy atom. The molecule has 0 radical (unpaired) electrons. The average Bonchev–Trinajstić information content (AvgIpc) is 2.82. The van der Waals surface area contributed by atoms with Gasteiger partial charge in [0.2, 0.25) is 0 Å². The minimum atomic E-state index is -4.15. The molecule has 2 aromatic heterocycles. The zero-order valence-corrected chi connectivity index (χ0v) is 10.6. The topological polar surface area (TPSA) is 138 Å². The van der Waals surface area contributed by atoms with Crippen molar-refractivity contribution in [3.63, 3.8) is 0 Å². The van der Waals surface area contributed by atoms with Gasteiger partial charge in [0, 0.05) is 0 Å². The number of nitrogens with zero attached hydrogens (tertiary/aromatic N) is 3. The van der Waals surface area contributed by atoms with Gasteiger partial charge >= 0.3 is 5.97 Å². The second kappa shape index (κ2) is 4.82. The molecule has 0 atom stereocenters. The van der Waals surface area contributed by atoms with Crippen LogP contribution < -0.4 is 4.72 Å². The molecule has 0 amide bonds. The number of aromatic carboxylic acids is 1. The molecule has 0 spiro atoms. The molecule has 0 fully saturated rings. The lowest BCUT2D eigenvalue weighted by molar-refractivity contribution is 0.0692. The first-order chi connectivity index (χ1) is 8.90. The van der Waals surface area contributed by atoms with Gasteiger partial charge in [0.1, 0.15) is 5.56 Å². The molecular formula is C8H6ClN5O4S. The number of carboxylic acids is 1. The summed E-state index contributed by atoms with van der Waals surface area (Å²) in [6.45, 7) is 0. The highest BCUT2D eigenvalue weighted by atomic mass is 35.5. The first-order valence-electron chi connectivity index (χ1n) is 4.69. The predicted octanol–water partition coefficient (Wildman–Crippen LogP) is 0.352. The number of aromatic nitrogens is 4. The highest BCUT2D eigenvalue weighted by Gasteiger charge is 2.25. The second-order valence-electron chi connectivity index (χ2n) is 3.26. The Labute approximate surface area is 111 Å². The van der Waals surface area contributed by atoms with Crippen molar-refractivity contribution in [2.24, 2.45) is 0 Å². The van der Waals surface area contributed by atoms with E-state index in [0.29, 0.717) is 0 Å². The van der Waals surface area contributed by atoms with Gasteiger partial charge in [0.25, 0.3) is 10.0 Å². The standard InChI is InChI=1S/C8H6ClN5O4S/c9-5-1-2-6(12-11-5)14-19(17,18)7-4(8(15)16)3-10-13-7/h1-3H,(H,10,13)(H,12,14)(H,15,16). The number of hydrogen-bond acceptors (Lipinski definition) is 6. The molecule has 11 heteroatoms. The van der Waals surface area contributed by atoms with Crippen LogP contribution in [0.2, 0.25) is 5.15 Å². The monoisotopic (exact) mass is 303 g/mol. The zero-order chi connectivity index (χ0) is 14.0. The molecule has 100 valence electrons. The van der Waals surface area contributed by atoms with Crippen LogP contribution >= 0.6 is 11.6 Å². The molecule has 0 aromatic carbocycles. The maximum atomic E-state index is 11.9. The van der Waals surface area contributed by atoms with E-state index in [1.54, 1.807) is 0 Å². The third-order valence-corrected chi connectivity index (χ3v) is 3.50. The quantitative estimate of drug-likeness (QED) is 0.740. The molecule has 0 saturated heterocycles. The number of H-pyrrole nitrogens is 1. The number of rotatable bonds is 4. The van der Waals surface area contributed by atoms with E-state index < -0.39 is 26.6 Å². The van der Waals surface area contributed by atoms with E-state index in [2.05, 4.69) is 20.4 Å². The third kappa shape index (κ3) is 2.80. The van der Waals surface area contributed by atoms with E-state index in [9.17, 15) is 13.2 Å². The Bertz CT molecular complexity index is 711. The molecule has 9 nitrogen and oxygen atoms in total. The number of sulfonamides is 1. The first kappa shape index (κ1) is 13.2. The van der Waals surface area contributed by atoms with Gasteiger partial charge in [0.15, 0.2) is 16.0 Å². The van der Waals surface area contributed by atoms with Gasteiger partial charge < -0.3 is 5.11 Å². The summed E-state index contributed by atoms with van der Waals surface area (Å²) in [5.74, 6) is -1.52. The van der Waals surface area contributed by atoms with Gasteiger partial charge in [-0.3, -0.25) is 9.82 Å². The van der Waals surface area contributed by atoms with Crippen LogP contribution in [0.5, 0.6) is 0 Å². The minimum absolute atomic E-state index is 0.0933. The third-order valence-electron chi connectivity index (χ3n) is 1.97. The Morgan fingerprint density at radius 2 is 2.11 bits per heavy atom. The fraction of sp³-hybridized carbons (Fsp3) is 0. The van der Waals surface area contributed by atoms with E-state index in [1.165, 1.54) is 12.1 Å². The van der Waals surface area contributed by atoms with E-state index in [4.69, 9.17) is 16.7 Å². The van der Waals surface area contributed by atoms with Gasteiger partial charge in [0.05, 0.1) is 6.20 Å². The number of hydrogen-bond donors (Lipinski definition) is 3. The number of nitrogens with one attached hydrogen (secondary N) is 2. The zero-order valence-electron chi connectivity index (χ0n) is 9.03. The summed E-state index contributed by atoms with van der Waals surface area (Å²) >= 11 is 5.50. The van der Waals surface area contributed by atoms with Gasteiger partial charge in [-0.15, -0.1) is 10.2 Å². The van der Waals surface area contributed by atoms with Crippen LogP contribution in [-0.2, 0) is 10.0 Å². The summed E-state index contributed by atoms with van der Waals surface area (Å²) in [5.41, 5.74) is -0.477. The molecule has 19 heavy (non-hydrogen) atoms. The van der Waals surface area contributed by atoms with Crippen LogP contribution in [0, 0.1) is 0 Å². The Balaban J connectivity index is 2.35. The lowest BCUT2D eigenvalue weighted by Crippen LogP contribution is -2.17. The van der Waals surface area contributed by atoms with Gasteiger partial charge in [-0.25, -0.2) is 4.79 Å². The average molecular weight is 304 g/mol. The fourth-order valence-electron chi connectivity index (χ4n) is 1.19. The van der Waals surface area contributed by atoms with Crippen molar-refractivity contribution in [2.75, 3.05) is 4.72 Å². The Kier molecular flexibility index (Phi) is 3.36. The molecule has 0 bridgehead atoms. The predicted molar refractivity (Wildman–Crippen MR) is 63.4 cm³/mol. The summed E-state index contributed by atoms with van der Waals surface area (Å²) in [6.07, 6.45) is 0.893. The van der Waals surface area contributed by atoms with E-state index in [-0.39, 0.29) is 11.0 Å². The normalized spacial score (nSPS) is 11.2. The second-order valence-corrected chi connectivity index (χ2v) is 5.27. The molecule has 2 rings (SSSR count). The molecule has 0 aliphatic heterocycles. The van der Waals surface area contributed by atoms with Crippen LogP contribution in [-0.4, -0.2) is 39.9 Å². The van der Waals surface area contributed by atoms with Crippen molar-refractivity contribution in [1.82, 2.24) is 20.4 Å². The van der Waals surface area contributed by atoms with Crippen molar-refractivity contribution in [1.29, 1.82) is 0 Å². The highest BCUT2D eigenvalue weighted by Crippen LogP contribution is 2.16. The van der Waals surface area contributed by atoms with Crippen LogP contribution in [0.4, 0.5) is 5.82 Å². The van der Waals surface area contributed by atoms with Crippen molar-refractivity contribution in [3.05, 3.63) is 29.0 Å². The fourth-order valence-corrected chi connectivity index (χ4v) is 2.38. The van der Waals surface area contributed by atoms with E-state index in [1.807, 2.05) is 4.72 Å². The van der Waals surface area contributed by atoms with Crippen molar-refractivity contribution in [3.8, 4) is 0 Å². The number of carbonyl (C=O) groups is 1. The van der Waals surface area contributed by atoms with E-state index in [0.717, 1.165) is 6.20 Å². The lowest BCUT2D eigenvalue weighted by atomic mass is 10.4. The van der Waals surface area contributed by atoms with Crippen molar-refractivity contribution >= 4 is 33.4 Å². The molecule has 0 aliphatic rings. The van der Waals surface area contributed by atoms with Crippen molar-refractivity contribution < 1.29 is 18.3 Å². The SMILES string of the molecule is O=C(O)c1cn[nH]c1S(=O)(=O)Nc1ccc(Cl)nn1. The summed E-state index contributed by atoms with van der Waals surface area (Å²) in [6, 6.07) is 2.61. The van der Waals surface area contributed by atoms with Crippen LogP contribution in [0.3, 0.4) is 0 Å². The van der Waals surface area contributed by atoms with Gasteiger partial charge in [-0.2, -0.15) is 13.5 Å². The number of halogens is 1. The summed E-state index contributed by atoms with van der Waals surface area (Å²) in [4.78, 5) is 10.8. The number of carboxylic acid groups (broad SMARTS) is 1. The van der Waals surface area contributed by atoms with E-state index >= 15 is 0 Å². The highest BCUT2D eigenvalue weighted by molar-refractivity contribution is 7.92. The largest absolute Gasteiger partial charge is 0.478 e. The van der Waals surface area contributed by atoms with Gasteiger partial charge in [-0.05, 0) is 12.1 Å². The maximum Gasteiger partial charge on any atom is 0.340 e. The maximum absolute atomic E-state index is 11.9. The first-order valence-corrected chi connectivity index (χ1v) is 6.55. The molecular weight excluding hydrogens is 298 g/mol. The smallest absolute Gasteiger partial charge is 0.340 e. The number of aromatic amines is 1. The number of anilines is 1. The van der Waals surface area contributed by atoms with Crippen LogP contribution in [0.25, 0.3) is 0 Å². The van der Waals surface area contributed by atoms with Crippen molar-refractivity contribution in [2.45, 2.75) is 5.03 Å². The van der Waals surface area contributed by atoms with Gasteiger partial charge in [-0.1, -0.05) is 11.6 Å². The van der Waals surface area contributed by atoms with Crippen LogP contribution in [0.1, 0.15) is 10.4 Å². The lowest BCUT2D eigenvalue weighted by Gasteiger charge is -2.05. The molecule has 0 unspecified atom stereocenters. The molecule has 2 aromatic rings. The minimum Gasteiger partial charge on any atom is -0.478 e. The molecule has 3 N–H and O–H groups in total. The summed E-state index contributed by atoms with van der Waals surface area (Å²) in [5, 5.41) is 20.8. The summed E-state index contributed by atoms with van der Waals surface area (Å²) in [7, 11) is -4.15. The Hall–Kier alpha value is -2.20. The molecule has 0 saturated carbocycles. The van der Waals surface area contributed by atoms with Crippen LogP contribution in [0.15, 0.2) is 23.4 Å². The Morgan fingerprint density at radius 1 is 1.37 bits per heavy atom.